The van der Waals surface area contributed by atoms with Crippen molar-refractivity contribution in [2.24, 2.45) is 11.8 Å². The molecule has 1 saturated heterocycles. The van der Waals surface area contributed by atoms with Crippen LogP contribution in [0.5, 0.6) is 0 Å². The molecule has 88 valence electrons. The van der Waals surface area contributed by atoms with Crippen LogP contribution >= 0.6 is 0 Å². The first kappa shape index (κ1) is 10.4. The molecule has 0 radical (unpaired) electrons. The van der Waals surface area contributed by atoms with Crippen LogP contribution in [0.15, 0.2) is 6.07 Å². The lowest BCUT2D eigenvalue weighted by atomic mass is 9.77. The van der Waals surface area contributed by atoms with E-state index in [1.54, 1.807) is 0 Å². The Kier molecular flexibility index (Phi) is 2.08. The van der Waals surface area contributed by atoms with Crippen LogP contribution < -0.4 is 5.32 Å². The molecule has 0 saturated carbocycles. The van der Waals surface area contributed by atoms with E-state index in [2.05, 4.69) is 10.3 Å². The number of carbonyl (C=O) groups is 2. The molecule has 1 aliphatic heterocycles. The van der Waals surface area contributed by atoms with Crippen LogP contribution in [0.2, 0.25) is 0 Å². The van der Waals surface area contributed by atoms with Crippen LogP contribution in [-0.2, 0) is 22.4 Å². The lowest BCUT2D eigenvalue weighted by Crippen LogP contribution is -2.28. The first-order chi connectivity index (χ1) is 8.06. The first-order valence-corrected chi connectivity index (χ1v) is 5.87. The van der Waals surface area contributed by atoms with Crippen LogP contribution in [0, 0.1) is 25.7 Å². The standard InChI is InChI=1S/C13H14N2O2/c1-6-3-8-4-10-11(13(17)15-12(10)16)5-9(8)7(2)14-6/h3,10-11H,4-5H2,1-2H3,(H,15,16,17)/t10-,11-/m0/s1. The van der Waals surface area contributed by atoms with Crippen LogP contribution in [0.3, 0.4) is 0 Å². The Hall–Kier alpha value is -1.71. The van der Waals surface area contributed by atoms with E-state index >= 15 is 0 Å². The summed E-state index contributed by atoms with van der Waals surface area (Å²) in [5.74, 6) is -0.585. The summed E-state index contributed by atoms with van der Waals surface area (Å²) >= 11 is 0. The summed E-state index contributed by atoms with van der Waals surface area (Å²) in [6.07, 6.45) is 1.32. The summed E-state index contributed by atoms with van der Waals surface area (Å²) in [6, 6.07) is 2.04. The van der Waals surface area contributed by atoms with Gasteiger partial charge in [-0.1, -0.05) is 0 Å². The number of carbonyl (C=O) groups excluding carboxylic acids is 2. The molecule has 1 aliphatic carbocycles. The first-order valence-electron chi connectivity index (χ1n) is 5.87. The van der Waals surface area contributed by atoms with Crippen LogP contribution in [0.1, 0.15) is 22.5 Å². The van der Waals surface area contributed by atoms with Gasteiger partial charge in [-0.3, -0.25) is 19.9 Å². The molecule has 0 unspecified atom stereocenters. The number of imide groups is 1. The molecule has 2 atom stereocenters. The van der Waals surface area contributed by atoms with E-state index in [0.29, 0.717) is 12.8 Å². The van der Waals surface area contributed by atoms with Gasteiger partial charge in [0, 0.05) is 11.4 Å². The van der Waals surface area contributed by atoms with Gasteiger partial charge in [0.15, 0.2) is 0 Å². The SMILES string of the molecule is Cc1cc2c(c(C)n1)C[C@@H]1C(=O)NC(=O)[C@H]1C2. The molecule has 0 aromatic carbocycles. The van der Waals surface area contributed by atoms with Gasteiger partial charge in [0.2, 0.25) is 11.8 Å². The summed E-state index contributed by atoms with van der Waals surface area (Å²) in [5, 5.41) is 2.43. The summed E-state index contributed by atoms with van der Waals surface area (Å²) in [7, 11) is 0. The molecular weight excluding hydrogens is 216 g/mol. The molecule has 2 heterocycles. The number of hydrogen-bond donors (Lipinski definition) is 1. The van der Waals surface area contributed by atoms with Gasteiger partial charge in [0.05, 0.1) is 11.8 Å². The summed E-state index contributed by atoms with van der Waals surface area (Å²) < 4.78 is 0. The molecule has 4 nitrogen and oxygen atoms in total. The van der Waals surface area contributed by atoms with Gasteiger partial charge < -0.3 is 0 Å². The van der Waals surface area contributed by atoms with E-state index in [9.17, 15) is 9.59 Å². The predicted molar refractivity (Wildman–Crippen MR) is 61.2 cm³/mol. The van der Waals surface area contributed by atoms with Gasteiger partial charge in [0.25, 0.3) is 0 Å². The molecule has 2 amide bonds. The quantitative estimate of drug-likeness (QED) is 0.667. The molecule has 0 bridgehead atoms. The van der Waals surface area contributed by atoms with Gasteiger partial charge >= 0.3 is 0 Å². The Bertz CT molecular complexity index is 536. The average molecular weight is 230 g/mol. The maximum Gasteiger partial charge on any atom is 0.230 e. The largest absolute Gasteiger partial charge is 0.296 e. The highest BCUT2D eigenvalue weighted by atomic mass is 16.2. The van der Waals surface area contributed by atoms with Crippen molar-refractivity contribution in [2.75, 3.05) is 0 Å². The Morgan fingerprint density at radius 1 is 1.18 bits per heavy atom. The fraction of sp³-hybridized carbons (Fsp3) is 0.462. The van der Waals surface area contributed by atoms with E-state index in [1.165, 1.54) is 5.56 Å². The van der Waals surface area contributed by atoms with Gasteiger partial charge in [-0.2, -0.15) is 0 Å². The number of amides is 2. The average Bonchev–Trinajstić information content (AvgIpc) is 2.52. The second-order valence-electron chi connectivity index (χ2n) is 4.96. The highest BCUT2D eigenvalue weighted by Crippen LogP contribution is 2.35. The molecule has 2 aliphatic rings. The van der Waals surface area contributed by atoms with E-state index < -0.39 is 0 Å². The summed E-state index contributed by atoms with van der Waals surface area (Å²) in [5.41, 5.74) is 4.30. The normalized spacial score (nSPS) is 26.5. The predicted octanol–water partition coefficient (Wildman–Crippen LogP) is 0.686. The van der Waals surface area contributed by atoms with E-state index in [1.807, 2.05) is 19.9 Å². The van der Waals surface area contributed by atoms with E-state index in [0.717, 1.165) is 17.0 Å². The molecular formula is C13H14N2O2. The second kappa shape index (κ2) is 3.39. The topological polar surface area (TPSA) is 59.1 Å². The molecule has 1 N–H and O–H groups in total. The number of nitrogens with one attached hydrogen (secondary N) is 1. The van der Waals surface area contributed by atoms with Gasteiger partial charge in [-0.05, 0) is 43.9 Å². The summed E-state index contributed by atoms with van der Waals surface area (Å²) in [4.78, 5) is 27.7. The van der Waals surface area contributed by atoms with E-state index in [4.69, 9.17) is 0 Å². The minimum Gasteiger partial charge on any atom is -0.296 e. The minimum atomic E-state index is -0.182. The second-order valence-corrected chi connectivity index (χ2v) is 4.96. The number of nitrogens with zero attached hydrogens (tertiary/aromatic N) is 1. The fourth-order valence-electron chi connectivity index (χ4n) is 3.00. The number of fused-ring (bicyclic) bond motifs is 2. The Labute approximate surface area is 99.4 Å². The maximum absolute atomic E-state index is 11.7. The Morgan fingerprint density at radius 3 is 2.53 bits per heavy atom. The third-order valence-electron chi connectivity index (χ3n) is 3.82. The summed E-state index contributed by atoms with van der Waals surface area (Å²) in [6.45, 7) is 3.93. The minimum absolute atomic E-state index is 0.113. The zero-order valence-corrected chi connectivity index (χ0v) is 9.91. The molecule has 1 fully saturated rings. The molecule has 17 heavy (non-hydrogen) atoms. The molecule has 4 heteroatoms. The van der Waals surface area contributed by atoms with Crippen molar-refractivity contribution in [3.05, 3.63) is 28.6 Å². The highest BCUT2D eigenvalue weighted by Gasteiger charge is 2.44. The zero-order chi connectivity index (χ0) is 12.2. The Morgan fingerprint density at radius 2 is 1.82 bits per heavy atom. The monoisotopic (exact) mass is 230 g/mol. The van der Waals surface area contributed by atoms with Gasteiger partial charge in [-0.25, -0.2) is 0 Å². The maximum atomic E-state index is 11.7. The van der Waals surface area contributed by atoms with Crippen molar-refractivity contribution in [1.82, 2.24) is 10.3 Å². The molecule has 1 aromatic rings. The van der Waals surface area contributed by atoms with Crippen molar-refractivity contribution in [3.8, 4) is 0 Å². The van der Waals surface area contributed by atoms with E-state index in [-0.39, 0.29) is 23.7 Å². The lowest BCUT2D eigenvalue weighted by molar-refractivity contribution is -0.126. The van der Waals surface area contributed by atoms with Crippen LogP contribution in [0.4, 0.5) is 0 Å². The van der Waals surface area contributed by atoms with Crippen molar-refractivity contribution >= 4 is 11.8 Å². The zero-order valence-electron chi connectivity index (χ0n) is 9.91. The number of rotatable bonds is 0. The number of aromatic nitrogens is 1. The fourth-order valence-corrected chi connectivity index (χ4v) is 3.00. The van der Waals surface area contributed by atoms with Crippen molar-refractivity contribution < 1.29 is 9.59 Å². The van der Waals surface area contributed by atoms with Crippen molar-refractivity contribution in [2.45, 2.75) is 26.7 Å². The van der Waals surface area contributed by atoms with Crippen molar-refractivity contribution in [3.63, 3.8) is 0 Å². The molecule has 0 spiro atoms. The van der Waals surface area contributed by atoms with Gasteiger partial charge in [0.1, 0.15) is 0 Å². The third kappa shape index (κ3) is 1.47. The Balaban J connectivity index is 2.08. The third-order valence-corrected chi connectivity index (χ3v) is 3.82. The van der Waals surface area contributed by atoms with Crippen molar-refractivity contribution in [1.29, 1.82) is 0 Å². The van der Waals surface area contributed by atoms with Crippen LogP contribution in [-0.4, -0.2) is 16.8 Å². The molecule has 1 aromatic heterocycles. The van der Waals surface area contributed by atoms with Crippen LogP contribution in [0.25, 0.3) is 0 Å². The number of aryl methyl sites for hydroxylation is 2. The van der Waals surface area contributed by atoms with Gasteiger partial charge in [-0.15, -0.1) is 0 Å². The molecule has 3 rings (SSSR count). The number of pyridine rings is 1. The lowest BCUT2D eigenvalue weighted by Gasteiger charge is -2.25. The smallest absolute Gasteiger partial charge is 0.230 e. The number of hydrogen-bond acceptors (Lipinski definition) is 3. The highest BCUT2D eigenvalue weighted by molar-refractivity contribution is 6.05.